The van der Waals surface area contributed by atoms with Gasteiger partial charge in [-0.25, -0.2) is 4.39 Å². The Balaban J connectivity index is 3.98. The molecule has 0 aliphatic rings. The quantitative estimate of drug-likeness (QED) is 0.507. The summed E-state index contributed by atoms with van der Waals surface area (Å²) < 4.78 is 43.0. The molecule has 0 spiro atoms. The van der Waals surface area contributed by atoms with Crippen molar-refractivity contribution in [2.75, 3.05) is 0 Å². The van der Waals surface area contributed by atoms with Crippen LogP contribution >= 0.6 is 0 Å². The number of rotatable bonds is 3. The second-order valence-corrected chi connectivity index (χ2v) is 2.49. The van der Waals surface area contributed by atoms with Gasteiger partial charge in [0.05, 0.1) is 0 Å². The summed E-state index contributed by atoms with van der Waals surface area (Å²) in [6.45, 7) is 1.47. The van der Waals surface area contributed by atoms with Crippen LogP contribution in [-0.2, 0) is 14.6 Å². The summed E-state index contributed by atoms with van der Waals surface area (Å²) in [4.78, 5) is 0. The first-order valence-corrected chi connectivity index (χ1v) is 3.82. The van der Waals surface area contributed by atoms with Crippen LogP contribution in [-0.4, -0.2) is 13.0 Å². The first-order chi connectivity index (χ1) is 4.45. The van der Waals surface area contributed by atoms with Crippen molar-refractivity contribution in [3.05, 3.63) is 12.1 Å². The molecule has 0 atom stereocenters. The van der Waals surface area contributed by atoms with E-state index in [-0.39, 0.29) is 6.42 Å². The molecule has 0 fully saturated rings. The highest BCUT2D eigenvalue weighted by Gasteiger charge is 2.01. The lowest BCUT2D eigenvalue weighted by atomic mass is 10.4. The van der Waals surface area contributed by atoms with Gasteiger partial charge in [0, 0.05) is 0 Å². The van der Waals surface area contributed by atoms with E-state index in [2.05, 4.69) is 4.18 Å². The van der Waals surface area contributed by atoms with Crippen molar-refractivity contribution in [1.29, 1.82) is 0 Å². The minimum absolute atomic E-state index is 0.0233. The monoisotopic (exact) mass is 170 g/mol. The molecular weight excluding hydrogens is 163 g/mol. The van der Waals surface area contributed by atoms with E-state index in [0.29, 0.717) is 6.26 Å². The van der Waals surface area contributed by atoms with E-state index in [1.165, 1.54) is 6.92 Å². The van der Waals surface area contributed by atoms with E-state index < -0.39 is 16.2 Å². The van der Waals surface area contributed by atoms with Crippen molar-refractivity contribution in [2.24, 2.45) is 0 Å². The lowest BCUT2D eigenvalue weighted by Crippen LogP contribution is -1.97. The van der Waals surface area contributed by atoms with Gasteiger partial charge in [-0.15, -0.1) is 0 Å². The summed E-state index contributed by atoms with van der Waals surface area (Å²) in [7, 11) is -4.55. The number of hydrogen-bond acceptors (Lipinski definition) is 3. The molecule has 0 rings (SSSR count). The van der Waals surface area contributed by atoms with Crippen LogP contribution < -0.4 is 0 Å². The van der Waals surface area contributed by atoms with Gasteiger partial charge in [-0.1, -0.05) is 6.92 Å². The van der Waals surface area contributed by atoms with Gasteiger partial charge >= 0.3 is 10.4 Å². The van der Waals surface area contributed by atoms with Crippen molar-refractivity contribution in [3.63, 3.8) is 0 Å². The Labute approximate surface area is 58.3 Å². The molecule has 0 heterocycles. The van der Waals surface area contributed by atoms with Crippen molar-refractivity contribution in [3.8, 4) is 0 Å². The molecule has 0 bridgehead atoms. The summed E-state index contributed by atoms with van der Waals surface area (Å²) in [6.07, 6.45) is 0.366. The average molecular weight is 170 g/mol. The summed E-state index contributed by atoms with van der Waals surface area (Å²) in [6, 6.07) is 0. The minimum atomic E-state index is -4.55. The maximum Gasteiger partial charge on any atom is 0.445 e. The first kappa shape index (κ1) is 9.38. The molecule has 0 radical (unpaired) electrons. The van der Waals surface area contributed by atoms with Crippen LogP contribution in [0.2, 0.25) is 0 Å². The van der Waals surface area contributed by atoms with Crippen LogP contribution in [0, 0.1) is 0 Å². The molecule has 0 unspecified atom stereocenters. The third-order valence-corrected chi connectivity index (χ3v) is 0.975. The van der Waals surface area contributed by atoms with Crippen LogP contribution in [0.4, 0.5) is 4.39 Å². The highest BCUT2D eigenvalue weighted by Crippen LogP contribution is 2.02. The molecular formula is C4H7FO4S. The van der Waals surface area contributed by atoms with Gasteiger partial charge in [0.25, 0.3) is 0 Å². The Morgan fingerprint density at radius 3 is 2.60 bits per heavy atom. The van der Waals surface area contributed by atoms with Crippen molar-refractivity contribution in [2.45, 2.75) is 13.3 Å². The zero-order valence-electron chi connectivity index (χ0n) is 5.24. The van der Waals surface area contributed by atoms with Crippen molar-refractivity contribution < 1.29 is 21.5 Å². The zero-order chi connectivity index (χ0) is 8.20. The Kier molecular flexibility index (Phi) is 3.31. The fraction of sp³-hybridized carbons (Fsp3) is 0.500. The third kappa shape index (κ3) is 5.52. The Morgan fingerprint density at radius 1 is 1.80 bits per heavy atom. The molecule has 60 valence electrons. The SMILES string of the molecule is CCC(F)=COS(=O)(=O)O. The predicted octanol–water partition coefficient (Wildman–Crippen LogP) is 1.03. The van der Waals surface area contributed by atoms with Gasteiger partial charge in [0.1, 0.15) is 12.1 Å². The zero-order valence-corrected chi connectivity index (χ0v) is 6.06. The molecule has 10 heavy (non-hydrogen) atoms. The van der Waals surface area contributed by atoms with Crippen LogP contribution in [0.25, 0.3) is 0 Å². The molecule has 0 aliphatic carbocycles. The van der Waals surface area contributed by atoms with Gasteiger partial charge in [-0.05, 0) is 6.42 Å². The highest BCUT2D eigenvalue weighted by atomic mass is 32.3. The van der Waals surface area contributed by atoms with E-state index >= 15 is 0 Å². The summed E-state index contributed by atoms with van der Waals surface area (Å²) in [5.41, 5.74) is 0. The molecule has 0 aromatic rings. The predicted molar refractivity (Wildman–Crippen MR) is 32.1 cm³/mol. The number of hydrogen-bond donors (Lipinski definition) is 1. The molecule has 0 aromatic heterocycles. The average Bonchev–Trinajstić information content (AvgIpc) is 1.81. The van der Waals surface area contributed by atoms with Crippen LogP contribution in [0.15, 0.2) is 12.1 Å². The smallest absolute Gasteiger partial charge is 0.367 e. The van der Waals surface area contributed by atoms with Gasteiger partial charge in [0.2, 0.25) is 0 Å². The maximum absolute atomic E-state index is 12.0. The summed E-state index contributed by atoms with van der Waals surface area (Å²) in [5.74, 6) is -0.752. The Morgan fingerprint density at radius 2 is 2.30 bits per heavy atom. The van der Waals surface area contributed by atoms with E-state index in [4.69, 9.17) is 4.55 Å². The lowest BCUT2D eigenvalue weighted by molar-refractivity contribution is 0.346. The molecule has 0 aromatic carbocycles. The first-order valence-electron chi connectivity index (χ1n) is 2.46. The Hall–Kier alpha value is -0.620. The van der Waals surface area contributed by atoms with E-state index in [1.807, 2.05) is 0 Å². The largest absolute Gasteiger partial charge is 0.445 e. The standard InChI is InChI=1S/C4H7FO4S/c1-2-4(5)3-9-10(6,7)8/h3H,2H2,1H3,(H,6,7,8). The minimum Gasteiger partial charge on any atom is -0.367 e. The van der Waals surface area contributed by atoms with Gasteiger partial charge in [-0.3, -0.25) is 4.55 Å². The molecule has 0 amide bonds. The number of allylic oxidation sites excluding steroid dienone is 1. The molecule has 0 saturated heterocycles. The molecule has 1 N–H and O–H groups in total. The van der Waals surface area contributed by atoms with Crippen LogP contribution in [0.3, 0.4) is 0 Å². The topological polar surface area (TPSA) is 63.6 Å². The molecule has 4 nitrogen and oxygen atoms in total. The second-order valence-electron chi connectivity index (χ2n) is 1.44. The van der Waals surface area contributed by atoms with E-state index in [1.54, 1.807) is 0 Å². The highest BCUT2D eigenvalue weighted by molar-refractivity contribution is 7.81. The van der Waals surface area contributed by atoms with Crippen LogP contribution in [0.1, 0.15) is 13.3 Å². The number of halogens is 1. The van der Waals surface area contributed by atoms with E-state index in [0.717, 1.165) is 0 Å². The molecule has 0 saturated carbocycles. The molecule has 0 aliphatic heterocycles. The Bertz CT molecular complexity index is 217. The van der Waals surface area contributed by atoms with Gasteiger partial charge in [-0.2, -0.15) is 8.42 Å². The summed E-state index contributed by atoms with van der Waals surface area (Å²) in [5, 5.41) is 0. The van der Waals surface area contributed by atoms with Gasteiger partial charge < -0.3 is 4.18 Å². The fourth-order valence-electron chi connectivity index (χ4n) is 0.196. The van der Waals surface area contributed by atoms with Gasteiger partial charge in [0.15, 0.2) is 0 Å². The van der Waals surface area contributed by atoms with E-state index in [9.17, 15) is 12.8 Å². The summed E-state index contributed by atoms with van der Waals surface area (Å²) >= 11 is 0. The normalized spacial score (nSPS) is 13.3. The fourth-order valence-corrected chi connectivity index (χ4v) is 0.422. The molecule has 6 heteroatoms. The van der Waals surface area contributed by atoms with Crippen LogP contribution in [0.5, 0.6) is 0 Å². The second kappa shape index (κ2) is 3.52. The van der Waals surface area contributed by atoms with Crippen molar-refractivity contribution >= 4 is 10.4 Å². The third-order valence-electron chi connectivity index (χ3n) is 0.635. The van der Waals surface area contributed by atoms with Crippen molar-refractivity contribution in [1.82, 2.24) is 0 Å². The lowest BCUT2D eigenvalue weighted by Gasteiger charge is -1.92. The maximum atomic E-state index is 12.0.